The monoisotopic (exact) mass is 595 g/mol. The minimum Gasteiger partial charge on any atom is -0.366 e. The summed E-state index contributed by atoms with van der Waals surface area (Å²) < 4.78 is 27.3. The largest absolute Gasteiger partial charge is 0.466 e. The number of amides is 1. The quantitative estimate of drug-likeness (QED) is 0.246. The zero-order chi connectivity index (χ0) is 29.4. The third kappa shape index (κ3) is 6.37. The lowest BCUT2D eigenvalue weighted by Gasteiger charge is -2.24. The Labute approximate surface area is 230 Å². The van der Waals surface area contributed by atoms with Crippen LogP contribution in [0.2, 0.25) is 0 Å². The van der Waals surface area contributed by atoms with Gasteiger partial charge in [0.1, 0.15) is 12.4 Å². The van der Waals surface area contributed by atoms with Crippen LogP contribution in [0.4, 0.5) is 15.2 Å². The van der Waals surface area contributed by atoms with E-state index >= 15 is 0 Å². The summed E-state index contributed by atoms with van der Waals surface area (Å²) in [7, 11) is -1.75. The van der Waals surface area contributed by atoms with Crippen LogP contribution in [0.3, 0.4) is 0 Å². The smallest absolute Gasteiger partial charge is 0.366 e. The Morgan fingerprint density at radius 2 is 1.93 bits per heavy atom. The number of aromatic nitrogens is 5. The minimum absolute atomic E-state index is 0.160. The van der Waals surface area contributed by atoms with Crippen LogP contribution in [-0.2, 0) is 30.0 Å². The maximum atomic E-state index is 14.8. The van der Waals surface area contributed by atoms with E-state index in [1.807, 2.05) is 6.07 Å². The summed E-state index contributed by atoms with van der Waals surface area (Å²) in [5.41, 5.74) is 1.12. The number of anilines is 2. The van der Waals surface area contributed by atoms with Crippen molar-refractivity contribution in [1.82, 2.24) is 23.7 Å². The molecule has 1 aromatic carbocycles. The molecule has 0 unspecified atom stereocenters. The number of imidazole rings is 1. The molecule has 17 heteroatoms. The number of halogens is 1. The molecule has 4 N–H and O–H groups in total. The van der Waals surface area contributed by atoms with Gasteiger partial charge in [0.05, 0.1) is 17.7 Å². The number of aryl methyl sites for hydroxylation is 1. The van der Waals surface area contributed by atoms with E-state index in [2.05, 4.69) is 27.1 Å². The van der Waals surface area contributed by atoms with E-state index in [1.54, 1.807) is 11.4 Å². The predicted molar refractivity (Wildman–Crippen MR) is 147 cm³/mol. The molecule has 1 saturated heterocycles. The first kappa shape index (κ1) is 29.3. The van der Waals surface area contributed by atoms with Crippen molar-refractivity contribution in [3.05, 3.63) is 56.6 Å². The van der Waals surface area contributed by atoms with Crippen LogP contribution in [0.5, 0.6) is 0 Å². The van der Waals surface area contributed by atoms with Crippen molar-refractivity contribution >= 4 is 47.0 Å². The van der Waals surface area contributed by atoms with Crippen molar-refractivity contribution in [1.29, 1.82) is 0 Å². The summed E-state index contributed by atoms with van der Waals surface area (Å²) in [4.78, 5) is 69.5. The molecule has 3 aromatic heterocycles. The van der Waals surface area contributed by atoms with Gasteiger partial charge in [-0.2, -0.15) is 0 Å². The van der Waals surface area contributed by atoms with Crippen LogP contribution < -0.4 is 21.5 Å². The molecule has 214 valence electrons. The number of fused-ring (bicyclic) bond motifs is 1. The highest BCUT2D eigenvalue weighted by Crippen LogP contribution is 2.32. The fourth-order valence-corrected chi connectivity index (χ4v) is 5.22. The molecule has 1 amide bonds. The lowest BCUT2D eigenvalue weighted by molar-refractivity contribution is -0.116. The number of carbonyl (C=O) groups excluding carboxylic acids is 1. The third-order valence-electron chi connectivity index (χ3n) is 6.39. The van der Waals surface area contributed by atoms with Crippen molar-refractivity contribution in [2.45, 2.75) is 32.4 Å². The zero-order valence-corrected chi connectivity index (χ0v) is 23.4. The van der Waals surface area contributed by atoms with Crippen LogP contribution in [0.1, 0.15) is 19.8 Å². The number of nitrogens with zero attached hydrogens (tertiary/aromatic N) is 6. The van der Waals surface area contributed by atoms with Gasteiger partial charge < -0.3 is 29.5 Å². The van der Waals surface area contributed by atoms with Crippen molar-refractivity contribution < 1.29 is 28.4 Å². The summed E-state index contributed by atoms with van der Waals surface area (Å²) in [6, 6.07) is 5.40. The van der Waals surface area contributed by atoms with Gasteiger partial charge in [0.2, 0.25) is 5.91 Å². The predicted octanol–water partition coefficient (Wildman–Crippen LogP) is 1.40. The molecule has 0 radical (unpaired) electrons. The lowest BCUT2D eigenvalue weighted by atomic mass is 10.1. The van der Waals surface area contributed by atoms with Gasteiger partial charge in [-0.1, -0.05) is 6.07 Å². The fraction of sp³-hybridized carbons (Fsp3) is 0.348. The number of hydrogen-bond acceptors (Lipinski definition) is 8. The number of nitrogens with one attached hydrogen (secondary N) is 1. The van der Waals surface area contributed by atoms with Crippen molar-refractivity contribution in [2.24, 2.45) is 14.1 Å². The summed E-state index contributed by atoms with van der Waals surface area (Å²) in [6.45, 7) is 2.76. The third-order valence-corrected chi connectivity index (χ3v) is 7.15. The second-order valence-electron chi connectivity index (χ2n) is 9.20. The summed E-state index contributed by atoms with van der Waals surface area (Å²) in [6.07, 6.45) is 3.46. The van der Waals surface area contributed by atoms with Gasteiger partial charge in [0.15, 0.2) is 16.3 Å². The first-order valence-corrected chi connectivity index (χ1v) is 14.4. The Balaban J connectivity index is 0.000000681. The van der Waals surface area contributed by atoms with E-state index in [-0.39, 0.29) is 23.5 Å². The number of phosphoric acid groups is 1. The highest BCUT2D eigenvalue weighted by molar-refractivity contribution is 7.45. The standard InChI is InChI=1S/C23H24FN7O3S.H3O4P/c1-13-5-4-8-31(13)17-7-6-14(9-15(17)24)16-11-35-22(26-16)27-18(32)10-30-12-25-20-19(30)21(33)29(3)23(34)28(20)2;1-5(2,3)4/h6-7,9,11-13H,4-5,8,10H2,1-3H3,(H,26,27,32);(H3,1,2,3,4)/t13-;/m0./s1. The minimum atomic E-state index is -4.64. The molecule has 0 bridgehead atoms. The van der Waals surface area contributed by atoms with E-state index in [0.717, 1.165) is 24.0 Å². The second-order valence-corrected chi connectivity index (χ2v) is 11.1. The molecule has 0 saturated carbocycles. The Kier molecular flexibility index (Phi) is 8.37. The Morgan fingerprint density at radius 1 is 1.23 bits per heavy atom. The average Bonchev–Trinajstić information content (AvgIpc) is 3.61. The molecular formula is C23H27FN7O7PS. The normalized spacial score (nSPS) is 15.3. The molecule has 0 spiro atoms. The van der Waals surface area contributed by atoms with Crippen LogP contribution >= 0.6 is 19.2 Å². The Hall–Kier alpha value is -3.69. The van der Waals surface area contributed by atoms with Gasteiger partial charge in [0.25, 0.3) is 5.56 Å². The van der Waals surface area contributed by atoms with Crippen molar-refractivity contribution in [3.8, 4) is 11.3 Å². The van der Waals surface area contributed by atoms with Crippen LogP contribution in [0, 0.1) is 5.82 Å². The lowest BCUT2D eigenvalue weighted by Crippen LogP contribution is -2.37. The molecule has 0 aliphatic carbocycles. The van der Waals surface area contributed by atoms with E-state index in [0.29, 0.717) is 28.1 Å². The van der Waals surface area contributed by atoms with Gasteiger partial charge in [-0.15, -0.1) is 11.3 Å². The molecule has 4 aromatic rings. The number of rotatable bonds is 5. The first-order valence-electron chi connectivity index (χ1n) is 12.0. The van der Waals surface area contributed by atoms with Crippen LogP contribution in [0.15, 0.2) is 39.5 Å². The molecule has 1 atom stereocenters. The van der Waals surface area contributed by atoms with E-state index in [1.165, 1.54) is 47.0 Å². The van der Waals surface area contributed by atoms with Gasteiger partial charge in [-0.3, -0.25) is 18.7 Å². The van der Waals surface area contributed by atoms with Gasteiger partial charge in [-0.05, 0) is 31.9 Å². The van der Waals surface area contributed by atoms with Gasteiger partial charge >= 0.3 is 13.5 Å². The van der Waals surface area contributed by atoms with Crippen molar-refractivity contribution in [2.75, 3.05) is 16.8 Å². The summed E-state index contributed by atoms with van der Waals surface area (Å²) >= 11 is 1.22. The Morgan fingerprint density at radius 3 is 2.55 bits per heavy atom. The molecule has 4 heterocycles. The van der Waals surface area contributed by atoms with E-state index < -0.39 is 25.0 Å². The number of benzene rings is 1. The molecule has 5 rings (SSSR count). The molecule has 1 aliphatic rings. The summed E-state index contributed by atoms with van der Waals surface area (Å²) in [5, 5.41) is 4.82. The highest BCUT2D eigenvalue weighted by Gasteiger charge is 2.23. The topological polar surface area (TPSA) is 185 Å². The molecular weight excluding hydrogens is 568 g/mol. The van der Waals surface area contributed by atoms with Crippen molar-refractivity contribution in [3.63, 3.8) is 0 Å². The maximum Gasteiger partial charge on any atom is 0.466 e. The van der Waals surface area contributed by atoms with Gasteiger partial charge in [-0.25, -0.2) is 23.7 Å². The Bertz CT molecular complexity index is 1730. The zero-order valence-electron chi connectivity index (χ0n) is 21.7. The SMILES string of the molecule is C[C@H]1CCCN1c1ccc(-c2csc(NC(=O)Cn3cnc4c3c(=O)n(C)c(=O)n4C)n2)cc1F.O=P(O)(O)O. The summed E-state index contributed by atoms with van der Waals surface area (Å²) in [5.74, 6) is -0.705. The first-order chi connectivity index (χ1) is 18.7. The maximum absolute atomic E-state index is 14.8. The average molecular weight is 596 g/mol. The fourth-order valence-electron chi connectivity index (χ4n) is 4.48. The van der Waals surface area contributed by atoms with Gasteiger partial charge in [0, 0.05) is 37.6 Å². The molecule has 40 heavy (non-hydrogen) atoms. The number of carbonyl (C=O) groups is 1. The molecule has 1 fully saturated rings. The number of thiazole rings is 1. The molecule has 1 aliphatic heterocycles. The van der Waals surface area contributed by atoms with Crippen LogP contribution in [0.25, 0.3) is 22.4 Å². The van der Waals surface area contributed by atoms with E-state index in [4.69, 9.17) is 19.2 Å². The molecule has 14 nitrogen and oxygen atoms in total. The van der Waals surface area contributed by atoms with E-state index in [9.17, 15) is 18.8 Å². The second kappa shape index (κ2) is 11.4. The van der Waals surface area contributed by atoms with Crippen LogP contribution in [-0.4, -0.2) is 56.8 Å². The highest BCUT2D eigenvalue weighted by atomic mass is 32.1. The number of hydrogen-bond donors (Lipinski definition) is 4.